The molecule has 0 heterocycles. The predicted octanol–water partition coefficient (Wildman–Crippen LogP) is 4.59. The molecule has 0 aliphatic rings. The molecular formula is C15H17NS. The number of hydrogen-bond acceptors (Lipinski definition) is 2. The molecule has 0 N–H and O–H groups in total. The van der Waals surface area contributed by atoms with Crippen LogP contribution in [0.1, 0.15) is 16.7 Å². The molecule has 0 unspecified atom stereocenters. The molecule has 0 amide bonds. The van der Waals surface area contributed by atoms with E-state index in [1.807, 2.05) is 4.31 Å². The van der Waals surface area contributed by atoms with Gasteiger partial charge in [-0.2, -0.15) is 0 Å². The van der Waals surface area contributed by atoms with Crippen molar-refractivity contribution in [3.8, 4) is 0 Å². The number of para-hydroxylation sites is 1. The van der Waals surface area contributed by atoms with Gasteiger partial charge in [-0.1, -0.05) is 48.7 Å². The fourth-order valence-corrected chi connectivity index (χ4v) is 2.40. The smallest absolute Gasteiger partial charge is 0.0581 e. The van der Waals surface area contributed by atoms with E-state index in [2.05, 4.69) is 76.1 Å². The highest BCUT2D eigenvalue weighted by Gasteiger charge is 2.10. The molecule has 2 rings (SSSR count). The van der Waals surface area contributed by atoms with Crippen LogP contribution in [0.2, 0.25) is 0 Å². The van der Waals surface area contributed by atoms with E-state index >= 15 is 0 Å². The van der Waals surface area contributed by atoms with Gasteiger partial charge in [0.1, 0.15) is 0 Å². The van der Waals surface area contributed by atoms with Crippen LogP contribution in [0.4, 0.5) is 11.4 Å². The van der Waals surface area contributed by atoms with Crippen molar-refractivity contribution in [2.75, 3.05) is 4.31 Å². The zero-order valence-corrected chi connectivity index (χ0v) is 11.3. The van der Waals surface area contributed by atoms with Crippen molar-refractivity contribution in [3.05, 3.63) is 59.2 Å². The van der Waals surface area contributed by atoms with Crippen LogP contribution < -0.4 is 4.31 Å². The SMILES string of the molecule is Cc1ccc(N(S)c2c(C)cccc2C)cc1. The number of benzene rings is 2. The van der Waals surface area contributed by atoms with Crippen molar-refractivity contribution in [1.29, 1.82) is 0 Å². The molecule has 1 nitrogen and oxygen atoms in total. The molecule has 0 radical (unpaired) electrons. The molecule has 0 bridgehead atoms. The minimum absolute atomic E-state index is 1.09. The number of hydrogen-bond donors (Lipinski definition) is 1. The van der Waals surface area contributed by atoms with Gasteiger partial charge in [-0.05, 0) is 44.0 Å². The van der Waals surface area contributed by atoms with E-state index < -0.39 is 0 Å². The Bertz CT molecular complexity index is 497. The van der Waals surface area contributed by atoms with Gasteiger partial charge in [-0.15, -0.1) is 0 Å². The zero-order chi connectivity index (χ0) is 12.4. The summed E-state index contributed by atoms with van der Waals surface area (Å²) in [4.78, 5) is 0. The van der Waals surface area contributed by atoms with Crippen molar-refractivity contribution >= 4 is 24.2 Å². The summed E-state index contributed by atoms with van der Waals surface area (Å²) in [5.41, 5.74) is 5.99. The lowest BCUT2D eigenvalue weighted by atomic mass is 10.1. The van der Waals surface area contributed by atoms with Crippen LogP contribution in [-0.2, 0) is 0 Å². The quantitative estimate of drug-likeness (QED) is 0.755. The predicted molar refractivity (Wildman–Crippen MR) is 78.2 cm³/mol. The number of aryl methyl sites for hydroxylation is 3. The first-order chi connectivity index (χ1) is 8.09. The lowest BCUT2D eigenvalue weighted by Crippen LogP contribution is -2.05. The second-order valence-corrected chi connectivity index (χ2v) is 4.79. The number of anilines is 2. The van der Waals surface area contributed by atoms with Gasteiger partial charge in [0.2, 0.25) is 0 Å². The second-order valence-electron chi connectivity index (χ2n) is 4.39. The van der Waals surface area contributed by atoms with Crippen molar-refractivity contribution in [1.82, 2.24) is 0 Å². The summed E-state index contributed by atoms with van der Waals surface area (Å²) in [6.07, 6.45) is 0. The van der Waals surface area contributed by atoms with Gasteiger partial charge in [0.25, 0.3) is 0 Å². The van der Waals surface area contributed by atoms with Crippen molar-refractivity contribution in [3.63, 3.8) is 0 Å². The molecule has 0 saturated heterocycles. The Hall–Kier alpha value is -1.41. The Labute approximate surface area is 109 Å². The molecule has 0 atom stereocenters. The second kappa shape index (κ2) is 4.84. The van der Waals surface area contributed by atoms with Gasteiger partial charge in [0.05, 0.1) is 11.4 Å². The highest BCUT2D eigenvalue weighted by molar-refractivity contribution is 7.82. The van der Waals surface area contributed by atoms with E-state index in [0.29, 0.717) is 0 Å². The summed E-state index contributed by atoms with van der Waals surface area (Å²) >= 11 is 4.62. The summed E-state index contributed by atoms with van der Waals surface area (Å²) in [6, 6.07) is 14.7. The average Bonchev–Trinajstić information content (AvgIpc) is 2.29. The maximum absolute atomic E-state index is 4.62. The molecular weight excluding hydrogens is 226 g/mol. The summed E-state index contributed by atoms with van der Waals surface area (Å²) in [7, 11) is 0. The van der Waals surface area contributed by atoms with Crippen LogP contribution in [0.5, 0.6) is 0 Å². The summed E-state index contributed by atoms with van der Waals surface area (Å²) in [6.45, 7) is 6.31. The maximum atomic E-state index is 4.62. The van der Waals surface area contributed by atoms with Crippen LogP contribution in [0.3, 0.4) is 0 Å². The lowest BCUT2D eigenvalue weighted by Gasteiger charge is -2.22. The zero-order valence-electron chi connectivity index (χ0n) is 10.4. The molecule has 0 aliphatic heterocycles. The molecule has 2 aromatic rings. The van der Waals surface area contributed by atoms with E-state index in [1.54, 1.807) is 0 Å². The molecule has 0 saturated carbocycles. The normalized spacial score (nSPS) is 10.4. The van der Waals surface area contributed by atoms with Crippen molar-refractivity contribution in [2.24, 2.45) is 0 Å². The standard InChI is InChI=1S/C15H17NS/c1-11-7-9-14(10-8-11)16(17)15-12(2)5-4-6-13(15)3/h4-10,17H,1-3H3. The summed E-state index contributed by atoms with van der Waals surface area (Å²) in [5, 5.41) is 0. The fourth-order valence-electron chi connectivity index (χ4n) is 1.95. The third kappa shape index (κ3) is 2.47. The Morgan fingerprint density at radius 1 is 0.824 bits per heavy atom. The molecule has 17 heavy (non-hydrogen) atoms. The minimum Gasteiger partial charge on any atom is -0.287 e. The minimum atomic E-state index is 1.09. The molecule has 0 aliphatic carbocycles. The largest absolute Gasteiger partial charge is 0.287 e. The number of rotatable bonds is 2. The monoisotopic (exact) mass is 243 g/mol. The van der Waals surface area contributed by atoms with Crippen molar-refractivity contribution < 1.29 is 0 Å². The first kappa shape index (κ1) is 12.1. The number of thiol groups is 1. The van der Waals surface area contributed by atoms with E-state index in [0.717, 1.165) is 5.69 Å². The van der Waals surface area contributed by atoms with Gasteiger partial charge in [0, 0.05) is 0 Å². The van der Waals surface area contributed by atoms with Gasteiger partial charge < -0.3 is 0 Å². The highest BCUT2D eigenvalue weighted by atomic mass is 32.1. The van der Waals surface area contributed by atoms with Gasteiger partial charge in [-0.3, -0.25) is 4.31 Å². The Morgan fingerprint density at radius 3 is 1.88 bits per heavy atom. The molecule has 2 aromatic carbocycles. The Morgan fingerprint density at radius 2 is 1.35 bits per heavy atom. The highest BCUT2D eigenvalue weighted by Crippen LogP contribution is 2.32. The van der Waals surface area contributed by atoms with E-state index in [9.17, 15) is 0 Å². The average molecular weight is 243 g/mol. The fraction of sp³-hybridized carbons (Fsp3) is 0.200. The van der Waals surface area contributed by atoms with Crippen LogP contribution >= 0.6 is 12.8 Å². The van der Waals surface area contributed by atoms with Crippen LogP contribution in [0.15, 0.2) is 42.5 Å². The van der Waals surface area contributed by atoms with Crippen LogP contribution in [-0.4, -0.2) is 0 Å². The summed E-state index contributed by atoms with van der Waals surface area (Å²) in [5.74, 6) is 0. The Kier molecular flexibility index (Phi) is 3.43. The molecule has 88 valence electrons. The third-order valence-electron chi connectivity index (χ3n) is 2.93. The first-order valence-electron chi connectivity index (χ1n) is 5.71. The molecule has 0 fully saturated rings. The molecule has 0 spiro atoms. The molecule has 0 aromatic heterocycles. The first-order valence-corrected chi connectivity index (χ1v) is 6.11. The van der Waals surface area contributed by atoms with Gasteiger partial charge in [0.15, 0.2) is 0 Å². The topological polar surface area (TPSA) is 3.24 Å². The maximum Gasteiger partial charge on any atom is 0.0581 e. The van der Waals surface area contributed by atoms with Crippen LogP contribution in [0, 0.1) is 20.8 Å². The summed E-state index contributed by atoms with van der Waals surface area (Å²) < 4.78 is 1.95. The van der Waals surface area contributed by atoms with E-state index in [1.165, 1.54) is 22.4 Å². The third-order valence-corrected chi connectivity index (χ3v) is 3.36. The molecule has 2 heteroatoms. The van der Waals surface area contributed by atoms with E-state index in [-0.39, 0.29) is 0 Å². The van der Waals surface area contributed by atoms with Gasteiger partial charge in [-0.25, -0.2) is 0 Å². The van der Waals surface area contributed by atoms with Gasteiger partial charge >= 0.3 is 0 Å². The number of nitrogens with zero attached hydrogens (tertiary/aromatic N) is 1. The van der Waals surface area contributed by atoms with E-state index in [4.69, 9.17) is 0 Å². The Balaban J connectivity index is 2.43. The van der Waals surface area contributed by atoms with Crippen LogP contribution in [0.25, 0.3) is 0 Å². The lowest BCUT2D eigenvalue weighted by molar-refractivity contribution is 1.30. The van der Waals surface area contributed by atoms with Crippen molar-refractivity contribution in [2.45, 2.75) is 20.8 Å².